The second-order valence-electron chi connectivity index (χ2n) is 4.82. The van der Waals surface area contributed by atoms with E-state index >= 15 is 0 Å². The number of amides is 1. The molecule has 1 unspecified atom stereocenters. The Bertz CT molecular complexity index is 589. The van der Waals surface area contributed by atoms with Gasteiger partial charge < -0.3 is 10.6 Å². The van der Waals surface area contributed by atoms with Crippen molar-refractivity contribution >= 4 is 28.3 Å². The van der Waals surface area contributed by atoms with Gasteiger partial charge in [-0.15, -0.1) is 12.4 Å². The molecule has 0 spiro atoms. The fourth-order valence-electron chi connectivity index (χ4n) is 2.19. The highest BCUT2D eigenvalue weighted by Gasteiger charge is 2.28. The molecule has 1 aromatic rings. The van der Waals surface area contributed by atoms with Crippen molar-refractivity contribution in [3.05, 3.63) is 29.8 Å². The maximum absolute atomic E-state index is 12.5. The molecule has 21 heavy (non-hydrogen) atoms. The Morgan fingerprint density at radius 2 is 1.95 bits per heavy atom. The molecule has 0 saturated carbocycles. The predicted molar refractivity (Wildman–Crippen MR) is 83.3 cm³/mol. The SMILES string of the molecule is CNC(=O)c1ccc(S(=O)(=O)N2CCNC(C)C2)cc1.Cl. The van der Waals surface area contributed by atoms with Gasteiger partial charge in [0.25, 0.3) is 5.91 Å². The lowest BCUT2D eigenvalue weighted by atomic mass is 10.2. The summed E-state index contributed by atoms with van der Waals surface area (Å²) >= 11 is 0. The van der Waals surface area contributed by atoms with Crippen molar-refractivity contribution in [3.8, 4) is 0 Å². The van der Waals surface area contributed by atoms with Gasteiger partial charge in [0.05, 0.1) is 4.90 Å². The van der Waals surface area contributed by atoms with E-state index in [9.17, 15) is 13.2 Å². The number of carbonyl (C=O) groups is 1. The van der Waals surface area contributed by atoms with Crippen LogP contribution in [0.1, 0.15) is 17.3 Å². The van der Waals surface area contributed by atoms with Crippen molar-refractivity contribution in [3.63, 3.8) is 0 Å². The van der Waals surface area contributed by atoms with E-state index in [-0.39, 0.29) is 29.3 Å². The van der Waals surface area contributed by atoms with Gasteiger partial charge in [0.1, 0.15) is 0 Å². The van der Waals surface area contributed by atoms with Crippen molar-refractivity contribution in [1.29, 1.82) is 0 Å². The normalized spacial score (nSPS) is 19.6. The summed E-state index contributed by atoms with van der Waals surface area (Å²) in [4.78, 5) is 11.7. The lowest BCUT2D eigenvalue weighted by Gasteiger charge is -2.31. The van der Waals surface area contributed by atoms with Crippen LogP contribution in [0.4, 0.5) is 0 Å². The average Bonchev–Trinajstić information content (AvgIpc) is 2.46. The van der Waals surface area contributed by atoms with Crippen LogP contribution in [0, 0.1) is 0 Å². The first-order chi connectivity index (χ1) is 9.45. The average molecular weight is 334 g/mol. The third-order valence-corrected chi connectivity index (χ3v) is 5.19. The molecule has 1 amide bonds. The second-order valence-corrected chi connectivity index (χ2v) is 6.76. The number of nitrogens with zero attached hydrogens (tertiary/aromatic N) is 1. The molecule has 0 aromatic heterocycles. The Balaban J connectivity index is 0.00000220. The summed E-state index contributed by atoms with van der Waals surface area (Å²) in [5.41, 5.74) is 0.445. The molecule has 118 valence electrons. The molecule has 8 heteroatoms. The first kappa shape index (κ1) is 17.9. The summed E-state index contributed by atoms with van der Waals surface area (Å²) in [5.74, 6) is -0.232. The van der Waals surface area contributed by atoms with Crippen LogP contribution in [-0.2, 0) is 10.0 Å². The van der Waals surface area contributed by atoms with Crippen LogP contribution in [0.5, 0.6) is 0 Å². The van der Waals surface area contributed by atoms with Crippen LogP contribution >= 0.6 is 12.4 Å². The van der Waals surface area contributed by atoms with Crippen molar-refractivity contribution < 1.29 is 13.2 Å². The second kappa shape index (κ2) is 7.22. The van der Waals surface area contributed by atoms with E-state index in [2.05, 4.69) is 10.6 Å². The highest BCUT2D eigenvalue weighted by Crippen LogP contribution is 2.18. The maximum Gasteiger partial charge on any atom is 0.251 e. The number of rotatable bonds is 3. The van der Waals surface area contributed by atoms with Gasteiger partial charge in [-0.05, 0) is 31.2 Å². The highest BCUT2D eigenvalue weighted by atomic mass is 35.5. The van der Waals surface area contributed by atoms with Crippen molar-refractivity contribution in [2.24, 2.45) is 0 Å². The van der Waals surface area contributed by atoms with Crippen LogP contribution in [-0.4, -0.2) is 51.4 Å². The van der Waals surface area contributed by atoms with Gasteiger partial charge in [0, 0.05) is 38.3 Å². The fraction of sp³-hybridized carbons (Fsp3) is 0.462. The molecular weight excluding hydrogens is 314 g/mol. The lowest BCUT2D eigenvalue weighted by Crippen LogP contribution is -2.51. The molecule has 6 nitrogen and oxygen atoms in total. The predicted octanol–water partition coefficient (Wildman–Crippen LogP) is 0.450. The summed E-state index contributed by atoms with van der Waals surface area (Å²) in [7, 11) is -1.95. The Kier molecular flexibility index (Phi) is 6.15. The molecule has 0 aliphatic carbocycles. The minimum absolute atomic E-state index is 0. The van der Waals surface area contributed by atoms with Gasteiger partial charge in [-0.3, -0.25) is 4.79 Å². The molecule has 1 atom stereocenters. The van der Waals surface area contributed by atoms with E-state index in [1.807, 2.05) is 6.92 Å². The molecule has 1 aliphatic heterocycles. The van der Waals surface area contributed by atoms with Crippen LogP contribution in [0.25, 0.3) is 0 Å². The molecule has 0 radical (unpaired) electrons. The number of hydrogen-bond donors (Lipinski definition) is 2. The van der Waals surface area contributed by atoms with Gasteiger partial charge in [0.2, 0.25) is 10.0 Å². The minimum atomic E-state index is -3.48. The van der Waals surface area contributed by atoms with E-state index in [4.69, 9.17) is 0 Å². The zero-order chi connectivity index (χ0) is 14.8. The standard InChI is InChI=1S/C13H19N3O3S.ClH/c1-10-9-16(8-7-15-10)20(18,19)12-5-3-11(4-6-12)13(17)14-2;/h3-6,10,15H,7-9H2,1-2H3,(H,14,17);1H. The smallest absolute Gasteiger partial charge is 0.251 e. The number of benzene rings is 1. The number of hydrogen-bond acceptors (Lipinski definition) is 4. The zero-order valence-corrected chi connectivity index (χ0v) is 13.6. The number of piperazine rings is 1. The molecular formula is C13H20ClN3O3S. The summed E-state index contributed by atoms with van der Waals surface area (Å²) in [6, 6.07) is 6.15. The minimum Gasteiger partial charge on any atom is -0.355 e. The zero-order valence-electron chi connectivity index (χ0n) is 12.0. The first-order valence-electron chi connectivity index (χ1n) is 6.51. The third kappa shape index (κ3) is 3.94. The summed E-state index contributed by atoms with van der Waals surface area (Å²) in [6.07, 6.45) is 0. The summed E-state index contributed by atoms with van der Waals surface area (Å²) in [6.45, 7) is 3.52. The third-order valence-electron chi connectivity index (χ3n) is 3.31. The van der Waals surface area contributed by atoms with E-state index in [0.29, 0.717) is 25.2 Å². The van der Waals surface area contributed by atoms with Gasteiger partial charge in [0.15, 0.2) is 0 Å². The molecule has 2 N–H and O–H groups in total. The Labute approximate surface area is 131 Å². The van der Waals surface area contributed by atoms with Gasteiger partial charge >= 0.3 is 0 Å². The van der Waals surface area contributed by atoms with E-state index in [1.54, 1.807) is 0 Å². The number of halogens is 1. The van der Waals surface area contributed by atoms with E-state index in [0.717, 1.165) is 0 Å². The molecule has 1 heterocycles. The quantitative estimate of drug-likeness (QED) is 0.842. The number of nitrogens with one attached hydrogen (secondary N) is 2. The largest absolute Gasteiger partial charge is 0.355 e. The number of sulfonamides is 1. The fourth-order valence-corrected chi connectivity index (χ4v) is 3.72. The van der Waals surface area contributed by atoms with E-state index < -0.39 is 10.0 Å². The molecule has 1 fully saturated rings. The molecule has 2 rings (SSSR count). The first-order valence-corrected chi connectivity index (χ1v) is 7.95. The van der Waals surface area contributed by atoms with Crippen molar-refractivity contribution in [2.75, 3.05) is 26.7 Å². The van der Waals surface area contributed by atoms with Crippen LogP contribution in [0.2, 0.25) is 0 Å². The molecule has 1 saturated heterocycles. The molecule has 1 aromatic carbocycles. The van der Waals surface area contributed by atoms with Crippen LogP contribution < -0.4 is 10.6 Å². The summed E-state index contributed by atoms with van der Waals surface area (Å²) < 4.78 is 26.4. The topological polar surface area (TPSA) is 78.5 Å². The highest BCUT2D eigenvalue weighted by molar-refractivity contribution is 7.89. The van der Waals surface area contributed by atoms with Gasteiger partial charge in [-0.1, -0.05) is 0 Å². The van der Waals surface area contributed by atoms with Gasteiger partial charge in [-0.2, -0.15) is 4.31 Å². The summed E-state index contributed by atoms with van der Waals surface area (Å²) in [5, 5.41) is 5.71. The molecule has 1 aliphatic rings. The number of carbonyl (C=O) groups excluding carboxylic acids is 1. The Hall–Kier alpha value is -1.15. The van der Waals surface area contributed by atoms with Crippen molar-refractivity contribution in [1.82, 2.24) is 14.9 Å². The van der Waals surface area contributed by atoms with Gasteiger partial charge in [-0.25, -0.2) is 8.42 Å². The monoisotopic (exact) mass is 333 g/mol. The van der Waals surface area contributed by atoms with Crippen LogP contribution in [0.15, 0.2) is 29.2 Å². The lowest BCUT2D eigenvalue weighted by molar-refractivity contribution is 0.0963. The van der Waals surface area contributed by atoms with Crippen LogP contribution in [0.3, 0.4) is 0 Å². The maximum atomic E-state index is 12.5. The Morgan fingerprint density at radius 1 is 1.33 bits per heavy atom. The molecule has 0 bridgehead atoms. The van der Waals surface area contributed by atoms with Crippen molar-refractivity contribution in [2.45, 2.75) is 17.9 Å². The Morgan fingerprint density at radius 3 is 2.48 bits per heavy atom. The van der Waals surface area contributed by atoms with E-state index in [1.165, 1.54) is 35.6 Å².